The molecule has 1 N–H and O–H groups in total. The van der Waals surface area contributed by atoms with E-state index in [-0.39, 0.29) is 17.8 Å². The van der Waals surface area contributed by atoms with E-state index >= 15 is 0 Å². The van der Waals surface area contributed by atoms with E-state index in [4.69, 9.17) is 4.52 Å². The summed E-state index contributed by atoms with van der Waals surface area (Å²) in [5, 5.41) is 7.09. The quantitative estimate of drug-likeness (QED) is 0.875. The minimum atomic E-state index is -0.868. The largest absolute Gasteiger partial charge is 0.381 e. The number of hydrogen-bond acceptors (Lipinski definition) is 6. The molecule has 2 aromatic rings. The van der Waals surface area contributed by atoms with Crippen LogP contribution >= 0.6 is 0 Å². The lowest BCUT2D eigenvalue weighted by molar-refractivity contribution is 0.0779. The zero-order valence-electron chi connectivity index (χ0n) is 14.7. The highest BCUT2D eigenvalue weighted by Crippen LogP contribution is 2.19. The molecule has 0 spiro atoms. The first kappa shape index (κ1) is 18.2. The van der Waals surface area contributed by atoms with Crippen LogP contribution in [0.25, 0.3) is 0 Å². The fraction of sp³-hybridized carbons (Fsp3) is 0.471. The molecule has 1 aromatic carbocycles. The predicted octanol–water partition coefficient (Wildman–Crippen LogP) is 2.13. The van der Waals surface area contributed by atoms with Gasteiger partial charge in [0.2, 0.25) is 0 Å². The van der Waals surface area contributed by atoms with E-state index < -0.39 is 11.6 Å². The summed E-state index contributed by atoms with van der Waals surface area (Å²) in [6.45, 7) is 2.02. The molecule has 1 aliphatic rings. The topological polar surface area (TPSA) is 74.5 Å². The number of carbonyl (C=O) groups excluding carboxylic acids is 1. The number of nitrogens with zero attached hydrogens (tertiary/aromatic N) is 4. The lowest BCUT2D eigenvalue weighted by Gasteiger charge is -2.32. The molecule has 1 saturated heterocycles. The van der Waals surface area contributed by atoms with Crippen LogP contribution in [0.5, 0.6) is 0 Å². The summed E-state index contributed by atoms with van der Waals surface area (Å²) in [5.41, 5.74) is 0.550. The number of rotatable bonds is 5. The van der Waals surface area contributed by atoms with E-state index in [9.17, 15) is 13.6 Å². The normalized spacial score (nSPS) is 17.9. The third-order valence-corrected chi connectivity index (χ3v) is 4.22. The number of benzene rings is 1. The van der Waals surface area contributed by atoms with Gasteiger partial charge in [-0.15, -0.1) is 0 Å². The maximum Gasteiger partial charge on any atom is 0.316 e. The highest BCUT2D eigenvalue weighted by Gasteiger charge is 2.23. The van der Waals surface area contributed by atoms with Crippen LogP contribution in [0.2, 0.25) is 0 Å². The van der Waals surface area contributed by atoms with Crippen molar-refractivity contribution < 1.29 is 18.1 Å². The van der Waals surface area contributed by atoms with Gasteiger partial charge in [-0.1, -0.05) is 5.16 Å². The van der Waals surface area contributed by atoms with E-state index in [1.807, 2.05) is 0 Å². The Bertz CT molecular complexity index is 780. The molecule has 0 unspecified atom stereocenters. The summed E-state index contributed by atoms with van der Waals surface area (Å²) >= 11 is 0. The van der Waals surface area contributed by atoms with Crippen molar-refractivity contribution in [1.29, 1.82) is 0 Å². The molecule has 140 valence electrons. The average molecular weight is 365 g/mol. The van der Waals surface area contributed by atoms with Crippen LogP contribution in [-0.2, 0) is 6.54 Å². The SMILES string of the molecule is CN(C)C(=O)c1nc(CN2CCC[C@H](Nc3ccc(F)c(F)c3)C2)no1. The van der Waals surface area contributed by atoms with Gasteiger partial charge in [-0.2, -0.15) is 4.98 Å². The standard InChI is InChI=1S/C17H21F2N5O2/c1-23(2)17(25)16-21-15(22-26-16)10-24-7-3-4-12(9-24)20-11-5-6-13(18)14(19)8-11/h5-6,8,12,20H,3-4,7,9-10H2,1-2H3/t12-/m0/s1. The first-order valence-electron chi connectivity index (χ1n) is 8.40. The van der Waals surface area contributed by atoms with Crippen molar-refractivity contribution in [2.24, 2.45) is 0 Å². The highest BCUT2D eigenvalue weighted by molar-refractivity contribution is 5.89. The minimum absolute atomic E-state index is 0.0292. The Hall–Kier alpha value is -2.55. The second kappa shape index (κ2) is 7.77. The molecule has 0 bridgehead atoms. The lowest BCUT2D eigenvalue weighted by Crippen LogP contribution is -2.41. The molecule has 0 saturated carbocycles. The summed E-state index contributed by atoms with van der Waals surface area (Å²) < 4.78 is 31.4. The van der Waals surface area contributed by atoms with Gasteiger partial charge in [-0.3, -0.25) is 9.69 Å². The molecule has 1 fully saturated rings. The van der Waals surface area contributed by atoms with E-state index in [2.05, 4.69) is 20.4 Å². The van der Waals surface area contributed by atoms with Gasteiger partial charge < -0.3 is 14.7 Å². The first-order chi connectivity index (χ1) is 12.4. The molecular formula is C17H21F2N5O2. The van der Waals surface area contributed by atoms with Crippen molar-refractivity contribution in [3.8, 4) is 0 Å². The summed E-state index contributed by atoms with van der Waals surface area (Å²) in [7, 11) is 3.23. The van der Waals surface area contributed by atoms with Gasteiger partial charge in [0.15, 0.2) is 17.5 Å². The Morgan fingerprint density at radius 2 is 2.19 bits per heavy atom. The van der Waals surface area contributed by atoms with E-state index in [0.29, 0.717) is 24.6 Å². The van der Waals surface area contributed by atoms with Gasteiger partial charge in [0.25, 0.3) is 0 Å². The fourth-order valence-corrected chi connectivity index (χ4v) is 2.93. The second-order valence-electron chi connectivity index (χ2n) is 6.56. The Morgan fingerprint density at radius 1 is 1.38 bits per heavy atom. The van der Waals surface area contributed by atoms with Crippen molar-refractivity contribution in [3.63, 3.8) is 0 Å². The molecule has 26 heavy (non-hydrogen) atoms. The predicted molar refractivity (Wildman–Crippen MR) is 90.6 cm³/mol. The average Bonchev–Trinajstić information content (AvgIpc) is 3.06. The number of halogens is 2. The molecule has 1 atom stereocenters. The van der Waals surface area contributed by atoms with Crippen molar-refractivity contribution in [2.75, 3.05) is 32.5 Å². The maximum absolute atomic E-state index is 13.3. The number of nitrogens with one attached hydrogen (secondary N) is 1. The number of piperidine rings is 1. The van der Waals surface area contributed by atoms with Crippen LogP contribution < -0.4 is 5.32 Å². The van der Waals surface area contributed by atoms with Gasteiger partial charge in [0, 0.05) is 38.4 Å². The Kier molecular flexibility index (Phi) is 5.46. The zero-order chi connectivity index (χ0) is 18.7. The fourth-order valence-electron chi connectivity index (χ4n) is 2.93. The van der Waals surface area contributed by atoms with Crippen LogP contribution in [0.4, 0.5) is 14.5 Å². The van der Waals surface area contributed by atoms with Gasteiger partial charge in [-0.05, 0) is 31.5 Å². The smallest absolute Gasteiger partial charge is 0.316 e. The lowest BCUT2D eigenvalue weighted by atomic mass is 10.1. The number of amides is 1. The van der Waals surface area contributed by atoms with Crippen LogP contribution in [0.3, 0.4) is 0 Å². The minimum Gasteiger partial charge on any atom is -0.381 e. The first-order valence-corrected chi connectivity index (χ1v) is 8.40. The molecule has 0 radical (unpaired) electrons. The summed E-state index contributed by atoms with van der Waals surface area (Å²) in [4.78, 5) is 19.4. The van der Waals surface area contributed by atoms with Gasteiger partial charge in [0.05, 0.1) is 6.54 Å². The summed E-state index contributed by atoms with van der Waals surface area (Å²) in [5.74, 6) is -1.64. The number of carbonyl (C=O) groups is 1. The van der Waals surface area contributed by atoms with E-state index in [1.54, 1.807) is 14.1 Å². The maximum atomic E-state index is 13.3. The molecule has 3 rings (SSSR count). The third-order valence-electron chi connectivity index (χ3n) is 4.22. The molecule has 1 amide bonds. The number of hydrogen-bond donors (Lipinski definition) is 1. The Morgan fingerprint density at radius 3 is 2.92 bits per heavy atom. The van der Waals surface area contributed by atoms with Gasteiger partial charge in [0.1, 0.15) is 0 Å². The molecule has 1 aromatic heterocycles. The Labute approximate surface area is 150 Å². The van der Waals surface area contributed by atoms with Crippen LogP contribution in [0.15, 0.2) is 22.7 Å². The van der Waals surface area contributed by atoms with Crippen molar-refractivity contribution in [3.05, 3.63) is 41.5 Å². The van der Waals surface area contributed by atoms with Crippen molar-refractivity contribution >= 4 is 11.6 Å². The second-order valence-corrected chi connectivity index (χ2v) is 6.56. The van der Waals surface area contributed by atoms with Crippen molar-refractivity contribution in [1.82, 2.24) is 19.9 Å². The summed E-state index contributed by atoms with van der Waals surface area (Å²) in [6, 6.07) is 3.90. The van der Waals surface area contributed by atoms with Crippen molar-refractivity contribution in [2.45, 2.75) is 25.4 Å². The monoisotopic (exact) mass is 365 g/mol. The molecule has 0 aliphatic carbocycles. The van der Waals surface area contributed by atoms with E-state index in [1.165, 1.54) is 11.0 Å². The molecule has 9 heteroatoms. The molecule has 2 heterocycles. The van der Waals surface area contributed by atoms with Crippen LogP contribution in [0, 0.1) is 11.6 Å². The number of aromatic nitrogens is 2. The Balaban J connectivity index is 1.58. The highest BCUT2D eigenvalue weighted by atomic mass is 19.2. The number of anilines is 1. The molecule has 7 nitrogen and oxygen atoms in total. The van der Waals surface area contributed by atoms with Crippen LogP contribution in [-0.4, -0.2) is 59.1 Å². The van der Waals surface area contributed by atoms with E-state index in [0.717, 1.165) is 31.5 Å². The third kappa shape index (κ3) is 4.34. The summed E-state index contributed by atoms with van der Waals surface area (Å²) in [6.07, 6.45) is 1.87. The zero-order valence-corrected chi connectivity index (χ0v) is 14.7. The molecule has 1 aliphatic heterocycles. The van der Waals surface area contributed by atoms with Gasteiger partial charge in [-0.25, -0.2) is 8.78 Å². The molecular weight excluding hydrogens is 344 g/mol. The van der Waals surface area contributed by atoms with Crippen LogP contribution in [0.1, 0.15) is 29.4 Å². The van der Waals surface area contributed by atoms with Gasteiger partial charge >= 0.3 is 11.8 Å². The number of likely N-dealkylation sites (tertiary alicyclic amines) is 1.